The lowest BCUT2D eigenvalue weighted by Gasteiger charge is -2.34. The number of rotatable bonds is 43. The van der Waals surface area contributed by atoms with Gasteiger partial charge in [0, 0.05) is 50.8 Å². The molecule has 1 aromatic carbocycles. The summed E-state index contributed by atoms with van der Waals surface area (Å²) in [6.07, 6.45) is 2.35. The van der Waals surface area contributed by atoms with Gasteiger partial charge >= 0.3 is 18.0 Å². The second kappa shape index (κ2) is 50.2. The molecule has 1 aliphatic heterocycles. The molecule has 0 unspecified atom stereocenters. The van der Waals surface area contributed by atoms with Crippen LogP contribution in [0, 0.1) is 23.6 Å². The molecule has 43 heteroatoms. The van der Waals surface area contributed by atoms with E-state index < -0.39 is 227 Å². The second-order valence-corrected chi connectivity index (χ2v) is 33.5. The van der Waals surface area contributed by atoms with Crippen LogP contribution in [0.15, 0.2) is 41.8 Å². The molecule has 0 spiro atoms. The molecule has 0 bridgehead atoms. The highest BCUT2D eigenvalue weighted by atomic mass is 32.2. The molecule has 16 amide bonds. The molecule has 122 heavy (non-hydrogen) atoms. The average molecular weight is 1740 g/mol. The van der Waals surface area contributed by atoms with E-state index in [0.717, 1.165) is 13.0 Å². The van der Waals surface area contributed by atoms with E-state index in [1.165, 1.54) is 63.3 Å². The lowest BCUT2D eigenvalue weighted by Crippen LogP contribution is -2.65. The Morgan fingerprint density at radius 1 is 0.697 bits per heavy atom. The molecule has 2 heterocycles. The molecule has 1 aliphatic carbocycles. The van der Waals surface area contributed by atoms with Gasteiger partial charge in [-0.3, -0.25) is 76.9 Å². The van der Waals surface area contributed by atoms with E-state index in [1.807, 2.05) is 0 Å². The number of carbonyl (C=O) groups excluding carboxylic acids is 15. The quantitative estimate of drug-likeness (QED) is 0.0190. The van der Waals surface area contributed by atoms with E-state index in [0.29, 0.717) is 12.8 Å². The van der Waals surface area contributed by atoms with Gasteiger partial charge in [0.2, 0.25) is 82.7 Å². The number of hydrogen-bond acceptors (Lipinski definition) is 21. The highest BCUT2D eigenvalue weighted by Crippen LogP contribution is 2.31. The van der Waals surface area contributed by atoms with Crippen LogP contribution in [0.2, 0.25) is 0 Å². The molecule has 13 atom stereocenters. The maximum absolute atomic E-state index is 15.0. The topological polar surface area (TPSA) is 656 Å². The Bertz CT molecular complexity index is 3970. The molecule has 1 saturated carbocycles. The number of unbranched alkanes of at least 4 members (excludes halogenated alkanes) is 1. The Balaban J connectivity index is 1.75. The normalized spacial score (nSPS) is 19.7. The number of urea groups is 1. The van der Waals surface area contributed by atoms with Crippen LogP contribution >= 0.6 is 11.8 Å². The number of carboxylic acid groups (broad SMARTS) is 2. The van der Waals surface area contributed by atoms with E-state index >= 15 is 4.79 Å². The molecule has 680 valence electrons. The predicted octanol–water partition coefficient (Wildman–Crippen LogP) is -2.24. The minimum Gasteiger partial charge on any atom is -0.481 e. The summed E-state index contributed by atoms with van der Waals surface area (Å²) in [6, 6.07) is -12.6. The number of nitrogens with one attached hydrogen (secondary N) is 16. The molecule has 26 N–H and O–H groups in total. The lowest BCUT2D eigenvalue weighted by atomic mass is 9.91. The summed E-state index contributed by atoms with van der Waals surface area (Å²) in [5, 5.41) is 59.4. The predicted molar refractivity (Wildman–Crippen MR) is 448 cm³/mol. The van der Waals surface area contributed by atoms with Gasteiger partial charge in [-0.25, -0.2) is 19.0 Å². The third kappa shape index (κ3) is 34.7. The third-order valence-corrected chi connectivity index (χ3v) is 21.4. The number of halogens is 1. The number of amides is 16. The Morgan fingerprint density at radius 2 is 1.32 bits per heavy atom. The van der Waals surface area contributed by atoms with Crippen LogP contribution in [-0.2, 0) is 89.6 Å². The lowest BCUT2D eigenvalue weighted by molar-refractivity contribution is -0.147. The smallest absolute Gasteiger partial charge is 0.329 e. The zero-order valence-corrected chi connectivity index (χ0v) is 72.2. The van der Waals surface area contributed by atoms with E-state index in [9.17, 15) is 91.3 Å². The average Bonchev–Trinajstić information content (AvgIpc) is 1.57. The SMILES string of the molecule is CC[C@H](C)[C@H](NC(=O)[C@H](CCC(=O)O)NC(=O)C1(NC(=O)[C@@H](NC(=O)C(C)(C)N)C(C)C)CCCC1)C(=O)N[C@H]1CCCCNC(=O)C[C@H](C(=O)N[C@@H](CCCCN=C(N)N)C(=O)N[C@@H](C)C(=O)N[C@@H](CCCNC(N)=O)C(=O)N[C@](C)(Cc2ccccc2F)C(=O)O)NC(=O)[C@H](Cc2cnc[nH]2)NC(=O)[C@H](CCSC)NC(=O)[C@H](CC(C)C)NC1=O. The van der Waals surface area contributed by atoms with Crippen LogP contribution in [0.3, 0.4) is 0 Å². The Labute approximate surface area is 713 Å². The second-order valence-electron chi connectivity index (χ2n) is 32.6. The van der Waals surface area contributed by atoms with Gasteiger partial charge in [-0.05, 0) is 153 Å². The number of aliphatic imine (C=N–C) groups is 1. The first-order chi connectivity index (χ1) is 57.3. The maximum atomic E-state index is 15.0. The fraction of sp³-hybridized carbons (Fsp3) is 0.658. The highest BCUT2D eigenvalue weighted by molar-refractivity contribution is 7.98. The molecular formula is C79H127FN22O19S. The van der Waals surface area contributed by atoms with Crippen LogP contribution in [0.1, 0.15) is 196 Å². The van der Waals surface area contributed by atoms with Gasteiger partial charge in [-0.1, -0.05) is 79.0 Å². The van der Waals surface area contributed by atoms with Gasteiger partial charge in [-0.15, -0.1) is 0 Å². The molecule has 1 saturated heterocycles. The van der Waals surface area contributed by atoms with Gasteiger partial charge in [0.15, 0.2) is 5.96 Å². The number of H-pyrrole nitrogens is 1. The maximum Gasteiger partial charge on any atom is 0.329 e. The molecular weight excluding hydrogens is 1610 g/mol. The van der Waals surface area contributed by atoms with Crippen molar-refractivity contribution in [3.63, 3.8) is 0 Å². The Hall–Kier alpha value is -11.3. The number of nitrogens with zero attached hydrogens (tertiary/aromatic N) is 2. The van der Waals surface area contributed by atoms with E-state index in [1.54, 1.807) is 47.8 Å². The standard InChI is InChI=1S/C79H127FN22O19S/c1-12-44(6)60(99-65(110)52(27-28-58(104)105)98-73(118)79(30-17-18-31-79)102-71(116)59(43(4)5)100-72(117)77(8,9)84)70(115)94-50-25-15-19-32-86-57(103)38-56(97-67(112)55(37-47-40-85-41-89-47)96-64(109)53(29-35-122-11)93-66(111)54(36-42(2)3)95-63(50)108)68(113)92-49(24-16-20-33-87-75(81)82)62(107)90-45(7)61(106)91-51(26-21-34-88-76(83)121)69(114)101-78(10,74(119)120)39-46-22-13-14-23-48(46)80/h13-14,22-23,40-45,49-56,59-60H,12,15-21,24-39,84H2,1-11H3,(H,85,89)(H,86,103)(H,90,107)(H,91,106)(H,92,113)(H,93,111)(H,94,115)(H,95,108)(H,96,109)(H,97,112)(H,98,118)(H,99,110)(H,100,117)(H,101,114)(H,102,116)(H,104,105)(H,119,120)(H4,81,82,87)(H3,83,88,121)/t44-,45-,49-,50-,51-,52-,53-,54-,55-,56+,59-,60-,78+/m0/s1. The van der Waals surface area contributed by atoms with E-state index in [4.69, 9.17) is 22.9 Å². The first-order valence-electron chi connectivity index (χ1n) is 41.1. The van der Waals surface area contributed by atoms with Crippen LogP contribution < -0.4 is 103 Å². The number of carboxylic acids is 2. The van der Waals surface area contributed by atoms with Gasteiger partial charge in [0.25, 0.3) is 0 Å². The van der Waals surface area contributed by atoms with E-state index in [2.05, 4.69) is 94.7 Å². The number of benzene rings is 1. The molecule has 41 nitrogen and oxygen atoms in total. The summed E-state index contributed by atoms with van der Waals surface area (Å²) in [5.74, 6) is -18.2. The number of aromatic nitrogens is 2. The van der Waals surface area contributed by atoms with Gasteiger partial charge in [0.05, 0.1) is 18.3 Å². The Kier molecular flexibility index (Phi) is 42.4. The molecule has 0 radical (unpaired) electrons. The first kappa shape index (κ1) is 103. The van der Waals surface area contributed by atoms with E-state index in [-0.39, 0.29) is 138 Å². The van der Waals surface area contributed by atoms with Gasteiger partial charge < -0.3 is 118 Å². The van der Waals surface area contributed by atoms with Crippen molar-refractivity contribution in [3.8, 4) is 0 Å². The number of thioether (sulfide) groups is 1. The number of aromatic amines is 1. The molecule has 1 aromatic heterocycles. The van der Waals surface area contributed by atoms with Crippen LogP contribution in [-0.4, -0.2) is 242 Å². The summed E-state index contributed by atoms with van der Waals surface area (Å²) in [6.45, 7) is 15.2. The van der Waals surface area contributed by atoms with Crippen molar-refractivity contribution >= 4 is 118 Å². The number of guanidine groups is 1. The van der Waals surface area contributed by atoms with Crippen molar-refractivity contribution in [3.05, 3.63) is 53.9 Å². The zero-order chi connectivity index (χ0) is 91.4. The number of carbonyl (C=O) groups is 17. The van der Waals surface area contributed by atoms with Crippen LogP contribution in [0.5, 0.6) is 0 Å². The minimum absolute atomic E-state index is 0.0176. The summed E-state index contributed by atoms with van der Waals surface area (Å²) < 4.78 is 14.9. The molecule has 2 aromatic rings. The monoisotopic (exact) mass is 1740 g/mol. The van der Waals surface area contributed by atoms with Crippen LogP contribution in [0.4, 0.5) is 9.18 Å². The summed E-state index contributed by atoms with van der Waals surface area (Å²) in [5.41, 5.74) is 17.5. The summed E-state index contributed by atoms with van der Waals surface area (Å²) >= 11 is 1.30. The summed E-state index contributed by atoms with van der Waals surface area (Å²) in [7, 11) is 0. The number of hydrogen-bond donors (Lipinski definition) is 22. The number of imidazole rings is 1. The number of primary amides is 1. The third-order valence-electron chi connectivity index (χ3n) is 20.8. The zero-order valence-electron chi connectivity index (χ0n) is 71.3. The van der Waals surface area contributed by atoms with Crippen molar-refractivity contribution in [2.75, 3.05) is 31.6 Å². The molecule has 2 fully saturated rings. The minimum atomic E-state index is -2.16. The van der Waals surface area contributed by atoms with Gasteiger partial charge in [-0.2, -0.15) is 11.8 Å². The van der Waals surface area contributed by atoms with Crippen molar-refractivity contribution in [1.82, 2.24) is 89.7 Å². The van der Waals surface area contributed by atoms with Gasteiger partial charge in [0.1, 0.15) is 83.4 Å². The van der Waals surface area contributed by atoms with Crippen molar-refractivity contribution in [2.24, 2.45) is 45.7 Å². The fourth-order valence-corrected chi connectivity index (χ4v) is 13.9. The largest absolute Gasteiger partial charge is 0.481 e. The number of aliphatic carboxylic acids is 2. The molecule has 4 rings (SSSR count). The van der Waals surface area contributed by atoms with Crippen molar-refractivity contribution in [1.29, 1.82) is 0 Å². The Morgan fingerprint density at radius 3 is 1.92 bits per heavy atom. The van der Waals surface area contributed by atoms with Crippen LogP contribution in [0.25, 0.3) is 0 Å². The first-order valence-corrected chi connectivity index (χ1v) is 42.5. The fourth-order valence-electron chi connectivity index (χ4n) is 13.4. The number of nitrogens with two attached hydrogens (primary N) is 4. The summed E-state index contributed by atoms with van der Waals surface area (Å²) in [4.78, 5) is 250. The van der Waals surface area contributed by atoms with Crippen molar-refractivity contribution < 1.29 is 96.1 Å². The highest BCUT2D eigenvalue weighted by Gasteiger charge is 2.47. The molecule has 2 aliphatic rings. The van der Waals surface area contributed by atoms with Crippen molar-refractivity contribution in [2.45, 2.75) is 281 Å².